The number of hydrogen-bond donors (Lipinski definition) is 0. The standard InChI is InChI=1S/C22H20/c1-15-7-3-5-9-19(15)20-14-13-18-12-11-17-8-4-6-10-21(17)22(18)16(20)2/h3-10,13-14H,11-12H2,1-2H3. The van der Waals surface area contributed by atoms with Gasteiger partial charge in [0.05, 0.1) is 0 Å². The van der Waals surface area contributed by atoms with Crippen LogP contribution in [-0.2, 0) is 12.8 Å². The molecule has 4 rings (SSSR count). The highest BCUT2D eigenvalue weighted by Gasteiger charge is 2.19. The van der Waals surface area contributed by atoms with E-state index in [0.717, 1.165) is 12.8 Å². The van der Waals surface area contributed by atoms with Crippen LogP contribution in [0.25, 0.3) is 22.3 Å². The van der Waals surface area contributed by atoms with Crippen LogP contribution < -0.4 is 0 Å². The van der Waals surface area contributed by atoms with Crippen molar-refractivity contribution in [2.24, 2.45) is 0 Å². The van der Waals surface area contributed by atoms with Crippen molar-refractivity contribution in [2.75, 3.05) is 0 Å². The van der Waals surface area contributed by atoms with Crippen LogP contribution in [0.3, 0.4) is 0 Å². The largest absolute Gasteiger partial charge is 0.0620 e. The Bertz CT molecular complexity index is 856. The van der Waals surface area contributed by atoms with Crippen molar-refractivity contribution in [3.63, 3.8) is 0 Å². The maximum absolute atomic E-state index is 2.33. The number of hydrogen-bond acceptors (Lipinski definition) is 0. The SMILES string of the molecule is Cc1ccccc1-c1ccc2c(c1C)-c1ccccc1CC2. The average Bonchev–Trinajstić information content (AvgIpc) is 2.56. The summed E-state index contributed by atoms with van der Waals surface area (Å²) < 4.78 is 0. The molecule has 0 saturated heterocycles. The zero-order valence-corrected chi connectivity index (χ0v) is 13.2. The zero-order valence-electron chi connectivity index (χ0n) is 13.2. The van der Waals surface area contributed by atoms with Gasteiger partial charge in [0.2, 0.25) is 0 Å². The summed E-state index contributed by atoms with van der Waals surface area (Å²) in [5.74, 6) is 0. The van der Waals surface area contributed by atoms with Crippen molar-refractivity contribution in [1.29, 1.82) is 0 Å². The van der Waals surface area contributed by atoms with Gasteiger partial charge in [0, 0.05) is 0 Å². The van der Waals surface area contributed by atoms with E-state index in [9.17, 15) is 0 Å². The third-order valence-corrected chi connectivity index (χ3v) is 4.94. The second-order valence-electron chi connectivity index (χ2n) is 6.24. The molecule has 0 amide bonds. The summed E-state index contributed by atoms with van der Waals surface area (Å²) in [4.78, 5) is 0. The monoisotopic (exact) mass is 284 g/mol. The zero-order chi connectivity index (χ0) is 15.1. The molecule has 0 spiro atoms. The molecule has 0 bridgehead atoms. The smallest absolute Gasteiger partial charge is 0.0114 e. The first-order valence-corrected chi connectivity index (χ1v) is 8.02. The molecule has 0 heterocycles. The molecule has 0 N–H and O–H groups in total. The van der Waals surface area contributed by atoms with E-state index in [4.69, 9.17) is 0 Å². The van der Waals surface area contributed by atoms with Crippen molar-refractivity contribution in [2.45, 2.75) is 26.7 Å². The molecular weight excluding hydrogens is 264 g/mol. The summed E-state index contributed by atoms with van der Waals surface area (Å²) in [7, 11) is 0. The lowest BCUT2D eigenvalue weighted by Crippen LogP contribution is -2.06. The normalized spacial score (nSPS) is 12.6. The van der Waals surface area contributed by atoms with Crippen LogP contribution in [0.2, 0.25) is 0 Å². The lowest BCUT2D eigenvalue weighted by atomic mass is 9.80. The number of fused-ring (bicyclic) bond motifs is 3. The number of rotatable bonds is 1. The van der Waals surface area contributed by atoms with E-state index in [1.807, 2.05) is 0 Å². The van der Waals surface area contributed by atoms with E-state index in [2.05, 4.69) is 74.5 Å². The number of benzene rings is 3. The Balaban J connectivity index is 1.99. The van der Waals surface area contributed by atoms with Crippen LogP contribution in [0.15, 0.2) is 60.7 Å². The molecule has 0 atom stereocenters. The topological polar surface area (TPSA) is 0 Å². The summed E-state index contributed by atoms with van der Waals surface area (Å²) >= 11 is 0. The van der Waals surface area contributed by atoms with E-state index >= 15 is 0 Å². The molecule has 0 fully saturated rings. The molecule has 0 aliphatic heterocycles. The fraction of sp³-hybridized carbons (Fsp3) is 0.182. The van der Waals surface area contributed by atoms with Crippen molar-refractivity contribution in [3.05, 3.63) is 82.9 Å². The highest BCUT2D eigenvalue weighted by Crippen LogP contribution is 2.40. The van der Waals surface area contributed by atoms with Crippen molar-refractivity contribution >= 4 is 0 Å². The Morgan fingerprint density at radius 3 is 2.09 bits per heavy atom. The van der Waals surface area contributed by atoms with E-state index in [0.29, 0.717) is 0 Å². The highest BCUT2D eigenvalue weighted by molar-refractivity contribution is 5.84. The molecule has 1 aliphatic rings. The third kappa shape index (κ3) is 1.99. The van der Waals surface area contributed by atoms with E-state index < -0.39 is 0 Å². The van der Waals surface area contributed by atoms with Crippen LogP contribution in [0.5, 0.6) is 0 Å². The summed E-state index contributed by atoms with van der Waals surface area (Å²) in [5, 5.41) is 0. The average molecular weight is 284 g/mol. The lowest BCUT2D eigenvalue weighted by Gasteiger charge is -2.24. The minimum Gasteiger partial charge on any atom is -0.0620 e. The van der Waals surface area contributed by atoms with Crippen LogP contribution in [0, 0.1) is 13.8 Å². The second kappa shape index (κ2) is 5.14. The van der Waals surface area contributed by atoms with Crippen LogP contribution in [0.4, 0.5) is 0 Å². The molecular formula is C22H20. The van der Waals surface area contributed by atoms with Gasteiger partial charge in [-0.1, -0.05) is 60.7 Å². The van der Waals surface area contributed by atoms with Crippen molar-refractivity contribution < 1.29 is 0 Å². The van der Waals surface area contributed by atoms with Gasteiger partial charge in [-0.05, 0) is 71.2 Å². The first kappa shape index (κ1) is 13.3. The molecule has 0 unspecified atom stereocenters. The first-order chi connectivity index (χ1) is 10.8. The van der Waals surface area contributed by atoms with Crippen LogP contribution >= 0.6 is 0 Å². The number of aryl methyl sites for hydroxylation is 3. The molecule has 22 heavy (non-hydrogen) atoms. The maximum atomic E-state index is 2.33. The van der Waals surface area contributed by atoms with Crippen LogP contribution in [0.1, 0.15) is 22.3 Å². The quantitative estimate of drug-likeness (QED) is 0.535. The Labute approximate surface area is 132 Å². The Morgan fingerprint density at radius 2 is 1.27 bits per heavy atom. The van der Waals surface area contributed by atoms with E-state index in [1.54, 1.807) is 0 Å². The fourth-order valence-corrected chi connectivity index (χ4v) is 3.77. The second-order valence-corrected chi connectivity index (χ2v) is 6.24. The summed E-state index contributed by atoms with van der Waals surface area (Å²) in [6, 6.07) is 22.2. The van der Waals surface area contributed by atoms with Crippen molar-refractivity contribution in [3.8, 4) is 22.3 Å². The molecule has 0 radical (unpaired) electrons. The van der Waals surface area contributed by atoms with Gasteiger partial charge in [-0.25, -0.2) is 0 Å². The van der Waals surface area contributed by atoms with Gasteiger partial charge < -0.3 is 0 Å². The Kier molecular flexibility index (Phi) is 3.11. The van der Waals surface area contributed by atoms with Gasteiger partial charge in [-0.15, -0.1) is 0 Å². The third-order valence-electron chi connectivity index (χ3n) is 4.94. The van der Waals surface area contributed by atoms with Crippen molar-refractivity contribution in [1.82, 2.24) is 0 Å². The van der Waals surface area contributed by atoms with Gasteiger partial charge in [0.25, 0.3) is 0 Å². The van der Waals surface area contributed by atoms with Gasteiger partial charge in [-0.3, -0.25) is 0 Å². The summed E-state index contributed by atoms with van der Waals surface area (Å²) in [6.45, 7) is 4.48. The molecule has 0 heteroatoms. The summed E-state index contributed by atoms with van der Waals surface area (Å²) in [6.07, 6.45) is 2.31. The Hall–Kier alpha value is -2.34. The predicted octanol–water partition coefficient (Wildman–Crippen LogP) is 5.74. The molecule has 0 saturated carbocycles. The molecule has 108 valence electrons. The molecule has 3 aromatic carbocycles. The minimum absolute atomic E-state index is 1.15. The molecule has 0 nitrogen and oxygen atoms in total. The van der Waals surface area contributed by atoms with E-state index in [1.165, 1.54) is 44.5 Å². The highest BCUT2D eigenvalue weighted by atomic mass is 14.2. The van der Waals surface area contributed by atoms with Crippen LogP contribution in [-0.4, -0.2) is 0 Å². The molecule has 0 aromatic heterocycles. The maximum Gasteiger partial charge on any atom is -0.0114 e. The van der Waals surface area contributed by atoms with Gasteiger partial charge >= 0.3 is 0 Å². The Morgan fingerprint density at radius 1 is 0.591 bits per heavy atom. The predicted molar refractivity (Wildman–Crippen MR) is 94.2 cm³/mol. The first-order valence-electron chi connectivity index (χ1n) is 8.02. The van der Waals surface area contributed by atoms with Gasteiger partial charge in [-0.2, -0.15) is 0 Å². The molecule has 1 aliphatic carbocycles. The minimum atomic E-state index is 1.15. The van der Waals surface area contributed by atoms with Gasteiger partial charge in [0.15, 0.2) is 0 Å². The van der Waals surface area contributed by atoms with E-state index in [-0.39, 0.29) is 0 Å². The summed E-state index contributed by atoms with van der Waals surface area (Å²) in [5.41, 5.74) is 11.3. The molecule has 3 aromatic rings. The lowest BCUT2D eigenvalue weighted by molar-refractivity contribution is 0.939. The van der Waals surface area contributed by atoms with Gasteiger partial charge in [0.1, 0.15) is 0 Å². The fourth-order valence-electron chi connectivity index (χ4n) is 3.77.